The number of nitrogens with zero attached hydrogens (tertiary/aromatic N) is 1. The van der Waals surface area contributed by atoms with Crippen LogP contribution in [0.4, 0.5) is 5.69 Å². The van der Waals surface area contributed by atoms with Gasteiger partial charge in [0.15, 0.2) is 5.58 Å². The van der Waals surface area contributed by atoms with Crippen LogP contribution in [0.5, 0.6) is 0 Å². The summed E-state index contributed by atoms with van der Waals surface area (Å²) < 4.78 is 7.05. The molecule has 0 radical (unpaired) electrons. The Hall–Kier alpha value is -2.33. The van der Waals surface area contributed by atoms with Crippen molar-refractivity contribution in [2.75, 3.05) is 5.73 Å². The van der Waals surface area contributed by atoms with Crippen LogP contribution in [0, 0.1) is 0 Å². The van der Waals surface area contributed by atoms with E-state index < -0.39 is 0 Å². The van der Waals surface area contributed by atoms with E-state index in [1.165, 1.54) is 10.1 Å². The number of hydrogen-bond donors (Lipinski definition) is 1. The molecule has 0 bridgehead atoms. The first-order valence-corrected chi connectivity index (χ1v) is 6.82. The highest BCUT2D eigenvalue weighted by molar-refractivity contribution is 7.17. The average Bonchev–Trinajstić information content (AvgIpc) is 3.00. The van der Waals surface area contributed by atoms with Crippen molar-refractivity contribution in [1.82, 2.24) is 4.98 Å². The summed E-state index contributed by atoms with van der Waals surface area (Å²) in [6, 6.07) is 13.8. The van der Waals surface area contributed by atoms with Gasteiger partial charge < -0.3 is 10.2 Å². The van der Waals surface area contributed by atoms with Crippen molar-refractivity contribution >= 4 is 38.2 Å². The number of nitrogen functional groups attached to an aromatic ring is 1. The van der Waals surface area contributed by atoms with E-state index in [0.29, 0.717) is 11.6 Å². The monoisotopic (exact) mass is 266 g/mol. The SMILES string of the molecule is Nc1ccc2oc(-c3csc4ccccc34)nc2c1. The van der Waals surface area contributed by atoms with Crippen LogP contribution in [0.2, 0.25) is 0 Å². The number of fused-ring (bicyclic) bond motifs is 2. The molecule has 2 aromatic carbocycles. The Morgan fingerprint density at radius 2 is 2.00 bits per heavy atom. The number of oxazole rings is 1. The smallest absolute Gasteiger partial charge is 0.228 e. The molecular formula is C15H10N2OS. The number of anilines is 1. The Kier molecular flexibility index (Phi) is 2.13. The Morgan fingerprint density at radius 3 is 2.95 bits per heavy atom. The highest BCUT2D eigenvalue weighted by atomic mass is 32.1. The van der Waals surface area contributed by atoms with Crippen molar-refractivity contribution in [3.8, 4) is 11.5 Å². The molecule has 0 saturated carbocycles. The zero-order valence-electron chi connectivity index (χ0n) is 9.96. The van der Waals surface area contributed by atoms with Gasteiger partial charge in [-0.05, 0) is 24.3 Å². The molecule has 0 aliphatic rings. The van der Waals surface area contributed by atoms with Crippen LogP contribution in [-0.4, -0.2) is 4.98 Å². The maximum Gasteiger partial charge on any atom is 0.228 e. The molecule has 0 aliphatic heterocycles. The molecule has 2 heterocycles. The van der Waals surface area contributed by atoms with Gasteiger partial charge in [0, 0.05) is 21.2 Å². The van der Waals surface area contributed by atoms with Gasteiger partial charge in [0.05, 0.1) is 5.56 Å². The lowest BCUT2D eigenvalue weighted by Crippen LogP contribution is -1.82. The third-order valence-corrected chi connectivity index (χ3v) is 4.09. The van der Waals surface area contributed by atoms with Crippen LogP contribution < -0.4 is 5.73 Å². The van der Waals surface area contributed by atoms with E-state index in [9.17, 15) is 0 Å². The Morgan fingerprint density at radius 1 is 1.11 bits per heavy atom. The number of rotatable bonds is 1. The summed E-state index contributed by atoms with van der Waals surface area (Å²) in [5.74, 6) is 0.651. The quantitative estimate of drug-likeness (QED) is 0.523. The van der Waals surface area contributed by atoms with Gasteiger partial charge in [-0.15, -0.1) is 11.3 Å². The van der Waals surface area contributed by atoms with Crippen molar-refractivity contribution in [2.45, 2.75) is 0 Å². The molecule has 2 N–H and O–H groups in total. The molecule has 0 atom stereocenters. The number of aromatic nitrogens is 1. The van der Waals surface area contributed by atoms with Crippen LogP contribution in [-0.2, 0) is 0 Å². The summed E-state index contributed by atoms with van der Waals surface area (Å²) in [6.07, 6.45) is 0. The third kappa shape index (κ3) is 1.61. The summed E-state index contributed by atoms with van der Waals surface area (Å²) in [7, 11) is 0. The highest BCUT2D eigenvalue weighted by Crippen LogP contribution is 2.34. The van der Waals surface area contributed by atoms with Gasteiger partial charge in [-0.25, -0.2) is 4.98 Å². The zero-order chi connectivity index (χ0) is 12.8. The van der Waals surface area contributed by atoms with Crippen molar-refractivity contribution < 1.29 is 4.42 Å². The van der Waals surface area contributed by atoms with Gasteiger partial charge in [0.2, 0.25) is 5.89 Å². The second-order valence-corrected chi connectivity index (χ2v) is 5.30. The number of benzene rings is 2. The summed E-state index contributed by atoms with van der Waals surface area (Å²) >= 11 is 1.70. The van der Waals surface area contributed by atoms with Gasteiger partial charge in [0.1, 0.15) is 5.52 Å². The van der Waals surface area contributed by atoms with Gasteiger partial charge in [-0.2, -0.15) is 0 Å². The Labute approximate surface area is 113 Å². The number of thiophene rings is 1. The van der Waals surface area contributed by atoms with Crippen LogP contribution in [0.25, 0.3) is 32.6 Å². The zero-order valence-corrected chi connectivity index (χ0v) is 10.8. The van der Waals surface area contributed by atoms with Crippen LogP contribution in [0.1, 0.15) is 0 Å². The molecule has 19 heavy (non-hydrogen) atoms. The minimum absolute atomic E-state index is 0.651. The van der Waals surface area contributed by atoms with Gasteiger partial charge in [-0.3, -0.25) is 0 Å². The first kappa shape index (κ1) is 10.6. The van der Waals surface area contributed by atoms with Gasteiger partial charge in [0.25, 0.3) is 0 Å². The fourth-order valence-corrected chi connectivity index (χ4v) is 3.14. The fourth-order valence-electron chi connectivity index (χ4n) is 2.20. The van der Waals surface area contributed by atoms with Crippen LogP contribution in [0.3, 0.4) is 0 Å². The lowest BCUT2D eigenvalue weighted by atomic mass is 10.2. The lowest BCUT2D eigenvalue weighted by molar-refractivity contribution is 0.621. The molecule has 0 saturated heterocycles. The predicted octanol–water partition coefficient (Wildman–Crippen LogP) is 4.29. The predicted molar refractivity (Wildman–Crippen MR) is 79.2 cm³/mol. The highest BCUT2D eigenvalue weighted by Gasteiger charge is 2.12. The van der Waals surface area contributed by atoms with E-state index in [1.54, 1.807) is 11.3 Å². The van der Waals surface area contributed by atoms with Crippen LogP contribution >= 0.6 is 11.3 Å². The Bertz CT molecular complexity index is 891. The standard InChI is InChI=1S/C15H10N2OS/c16-9-5-6-13-12(7-9)17-15(18-13)11-8-19-14-4-2-1-3-10(11)14/h1-8H,16H2. The van der Waals surface area contributed by atoms with Crippen molar-refractivity contribution in [1.29, 1.82) is 0 Å². The molecule has 3 nitrogen and oxygen atoms in total. The van der Waals surface area contributed by atoms with E-state index in [4.69, 9.17) is 10.2 Å². The van der Waals surface area contributed by atoms with E-state index in [2.05, 4.69) is 22.5 Å². The fraction of sp³-hybridized carbons (Fsp3) is 0. The normalized spacial score (nSPS) is 11.4. The van der Waals surface area contributed by atoms with E-state index in [1.807, 2.05) is 30.3 Å². The molecule has 0 unspecified atom stereocenters. The number of hydrogen-bond acceptors (Lipinski definition) is 4. The summed E-state index contributed by atoms with van der Waals surface area (Å²) in [5, 5.41) is 3.26. The minimum atomic E-state index is 0.651. The van der Waals surface area contributed by atoms with Crippen LogP contribution in [0.15, 0.2) is 52.3 Å². The topological polar surface area (TPSA) is 52.0 Å². The van der Waals surface area contributed by atoms with E-state index >= 15 is 0 Å². The maximum absolute atomic E-state index is 5.82. The molecule has 92 valence electrons. The molecular weight excluding hydrogens is 256 g/mol. The van der Waals surface area contributed by atoms with E-state index in [0.717, 1.165) is 16.7 Å². The third-order valence-electron chi connectivity index (χ3n) is 3.12. The maximum atomic E-state index is 5.82. The average molecular weight is 266 g/mol. The Balaban J connectivity index is 1.99. The summed E-state index contributed by atoms with van der Waals surface area (Å²) in [5.41, 5.74) is 9.06. The molecule has 0 amide bonds. The molecule has 4 aromatic rings. The molecule has 0 fully saturated rings. The molecule has 4 rings (SSSR count). The molecule has 0 spiro atoms. The van der Waals surface area contributed by atoms with Gasteiger partial charge >= 0.3 is 0 Å². The van der Waals surface area contributed by atoms with E-state index in [-0.39, 0.29) is 0 Å². The van der Waals surface area contributed by atoms with Crippen molar-refractivity contribution in [3.63, 3.8) is 0 Å². The summed E-state index contributed by atoms with van der Waals surface area (Å²) in [4.78, 5) is 4.53. The second kappa shape index (κ2) is 3.83. The van der Waals surface area contributed by atoms with Gasteiger partial charge in [-0.1, -0.05) is 18.2 Å². The minimum Gasteiger partial charge on any atom is -0.436 e. The first-order chi connectivity index (χ1) is 9.31. The van der Waals surface area contributed by atoms with Crippen molar-refractivity contribution in [3.05, 3.63) is 47.8 Å². The first-order valence-electron chi connectivity index (χ1n) is 5.94. The second-order valence-electron chi connectivity index (χ2n) is 4.39. The lowest BCUT2D eigenvalue weighted by Gasteiger charge is -1.92. The molecule has 2 aromatic heterocycles. The van der Waals surface area contributed by atoms with Crippen molar-refractivity contribution in [2.24, 2.45) is 0 Å². The summed E-state index contributed by atoms with van der Waals surface area (Å²) in [6.45, 7) is 0. The molecule has 4 heteroatoms. The molecule has 0 aliphatic carbocycles. The largest absolute Gasteiger partial charge is 0.436 e. The number of nitrogens with two attached hydrogens (primary N) is 1.